The van der Waals surface area contributed by atoms with E-state index in [-0.39, 0.29) is 6.54 Å². The van der Waals surface area contributed by atoms with Crippen molar-refractivity contribution in [2.24, 2.45) is 5.73 Å². The molecular weight excluding hydrogens is 141 g/mol. The van der Waals surface area contributed by atoms with Crippen molar-refractivity contribution in [2.45, 2.75) is 32.6 Å². The van der Waals surface area contributed by atoms with Crippen molar-refractivity contribution in [3.8, 4) is 0 Å². The summed E-state index contributed by atoms with van der Waals surface area (Å²) in [6.45, 7) is 1.97. The van der Waals surface area contributed by atoms with Crippen molar-refractivity contribution in [3.63, 3.8) is 0 Å². The quantitative estimate of drug-likeness (QED) is 0.584. The van der Waals surface area contributed by atoms with Crippen LogP contribution in [-0.4, -0.2) is 13.2 Å². The SMILES string of the molecule is CC1=CCCCC1.NCCF. The van der Waals surface area contributed by atoms with E-state index in [2.05, 4.69) is 18.7 Å². The molecule has 0 spiro atoms. The van der Waals surface area contributed by atoms with Crippen LogP contribution in [0.15, 0.2) is 11.6 Å². The van der Waals surface area contributed by atoms with Gasteiger partial charge in [-0.05, 0) is 32.6 Å². The van der Waals surface area contributed by atoms with Crippen molar-refractivity contribution in [2.75, 3.05) is 13.2 Å². The van der Waals surface area contributed by atoms with Gasteiger partial charge in [0.1, 0.15) is 6.67 Å². The Morgan fingerprint density at radius 2 is 2.18 bits per heavy atom. The maximum Gasteiger partial charge on any atom is 0.102 e. The summed E-state index contributed by atoms with van der Waals surface area (Å²) in [6, 6.07) is 0. The number of alkyl halides is 1. The molecule has 0 bridgehead atoms. The molecule has 1 aliphatic rings. The molecule has 0 aromatic heterocycles. The van der Waals surface area contributed by atoms with E-state index in [0.29, 0.717) is 0 Å². The average Bonchev–Trinajstić information content (AvgIpc) is 2.07. The number of nitrogens with two attached hydrogens (primary N) is 1. The lowest BCUT2D eigenvalue weighted by Crippen LogP contribution is -1.98. The zero-order valence-electron chi connectivity index (χ0n) is 7.28. The molecule has 0 saturated heterocycles. The van der Waals surface area contributed by atoms with E-state index in [1.807, 2.05) is 0 Å². The standard InChI is InChI=1S/C7H12.C2H6FN/c1-7-5-3-2-4-6-7;3-1-2-4/h5H,2-4,6H2,1H3;1-2,4H2. The lowest BCUT2D eigenvalue weighted by molar-refractivity contribution is 0.504. The highest BCUT2D eigenvalue weighted by Gasteiger charge is 1.95. The smallest absolute Gasteiger partial charge is 0.102 e. The van der Waals surface area contributed by atoms with Gasteiger partial charge in [-0.2, -0.15) is 0 Å². The second kappa shape index (κ2) is 7.73. The maximum atomic E-state index is 10.6. The number of hydrogen-bond donors (Lipinski definition) is 1. The number of rotatable bonds is 1. The topological polar surface area (TPSA) is 26.0 Å². The fourth-order valence-corrected chi connectivity index (χ4v) is 0.999. The molecule has 0 unspecified atom stereocenters. The fraction of sp³-hybridized carbons (Fsp3) is 0.778. The van der Waals surface area contributed by atoms with Crippen LogP contribution in [0.5, 0.6) is 0 Å². The second-order valence-corrected chi connectivity index (χ2v) is 2.77. The Balaban J connectivity index is 0.000000218. The minimum atomic E-state index is -0.403. The molecule has 2 heteroatoms. The molecule has 1 nitrogen and oxygen atoms in total. The lowest BCUT2D eigenvalue weighted by Gasteiger charge is -2.05. The fourth-order valence-electron chi connectivity index (χ4n) is 0.999. The molecule has 0 aromatic rings. The Morgan fingerprint density at radius 1 is 1.55 bits per heavy atom. The monoisotopic (exact) mass is 159 g/mol. The first-order valence-electron chi connectivity index (χ1n) is 4.23. The third kappa shape index (κ3) is 7.53. The third-order valence-corrected chi connectivity index (χ3v) is 1.63. The molecule has 0 aromatic carbocycles. The van der Waals surface area contributed by atoms with E-state index in [0.717, 1.165) is 0 Å². The molecule has 2 N–H and O–H groups in total. The van der Waals surface area contributed by atoms with E-state index in [1.54, 1.807) is 5.57 Å². The van der Waals surface area contributed by atoms with Crippen molar-refractivity contribution >= 4 is 0 Å². The number of allylic oxidation sites excluding steroid dienone is 2. The second-order valence-electron chi connectivity index (χ2n) is 2.77. The van der Waals surface area contributed by atoms with Gasteiger partial charge < -0.3 is 5.73 Å². The van der Waals surface area contributed by atoms with Gasteiger partial charge in [0.15, 0.2) is 0 Å². The van der Waals surface area contributed by atoms with Gasteiger partial charge in [0.2, 0.25) is 0 Å². The Bertz CT molecular complexity index is 108. The van der Waals surface area contributed by atoms with Crippen molar-refractivity contribution < 1.29 is 4.39 Å². The minimum Gasteiger partial charge on any atom is -0.328 e. The highest BCUT2D eigenvalue weighted by Crippen LogP contribution is 2.15. The zero-order valence-corrected chi connectivity index (χ0v) is 7.28. The molecule has 0 heterocycles. The number of hydrogen-bond acceptors (Lipinski definition) is 1. The summed E-state index contributed by atoms with van der Waals surface area (Å²) in [4.78, 5) is 0. The van der Waals surface area contributed by atoms with Crippen LogP contribution >= 0.6 is 0 Å². The van der Waals surface area contributed by atoms with E-state index in [9.17, 15) is 4.39 Å². The molecule has 11 heavy (non-hydrogen) atoms. The molecule has 1 rings (SSSR count). The number of halogens is 1. The normalized spacial score (nSPS) is 16.5. The van der Waals surface area contributed by atoms with Gasteiger partial charge in [0.25, 0.3) is 0 Å². The Morgan fingerprint density at radius 3 is 2.36 bits per heavy atom. The molecule has 0 aliphatic heterocycles. The van der Waals surface area contributed by atoms with Gasteiger partial charge in [0, 0.05) is 6.54 Å². The molecule has 1 aliphatic carbocycles. The molecule has 0 amide bonds. The molecule has 66 valence electrons. The largest absolute Gasteiger partial charge is 0.328 e. The maximum absolute atomic E-state index is 10.6. The van der Waals surface area contributed by atoms with E-state index >= 15 is 0 Å². The molecule has 0 atom stereocenters. The Labute approximate surface area is 68.5 Å². The molecular formula is C9H18FN. The summed E-state index contributed by atoms with van der Waals surface area (Å²) in [6.07, 6.45) is 7.86. The lowest BCUT2D eigenvalue weighted by atomic mass is 10.0. The first-order chi connectivity index (χ1) is 5.31. The predicted molar refractivity (Wildman–Crippen MR) is 47.3 cm³/mol. The van der Waals surface area contributed by atoms with Crippen molar-refractivity contribution in [1.29, 1.82) is 0 Å². The Kier molecular flexibility index (Phi) is 7.47. The van der Waals surface area contributed by atoms with E-state index in [1.165, 1.54) is 25.7 Å². The van der Waals surface area contributed by atoms with Gasteiger partial charge in [-0.25, -0.2) is 4.39 Å². The Hall–Kier alpha value is -0.370. The highest BCUT2D eigenvalue weighted by atomic mass is 19.1. The summed E-state index contributed by atoms with van der Waals surface area (Å²) in [5.74, 6) is 0. The highest BCUT2D eigenvalue weighted by molar-refractivity contribution is 5.00. The first-order valence-corrected chi connectivity index (χ1v) is 4.23. The summed E-state index contributed by atoms with van der Waals surface area (Å²) in [5, 5.41) is 0. The van der Waals surface area contributed by atoms with Crippen LogP contribution in [0.2, 0.25) is 0 Å². The zero-order chi connectivity index (χ0) is 8.53. The van der Waals surface area contributed by atoms with Crippen LogP contribution in [-0.2, 0) is 0 Å². The van der Waals surface area contributed by atoms with Crippen LogP contribution in [0.25, 0.3) is 0 Å². The van der Waals surface area contributed by atoms with Gasteiger partial charge in [-0.1, -0.05) is 11.6 Å². The van der Waals surface area contributed by atoms with Crippen LogP contribution in [0, 0.1) is 0 Å². The van der Waals surface area contributed by atoms with Crippen LogP contribution < -0.4 is 5.73 Å². The van der Waals surface area contributed by atoms with Gasteiger partial charge in [-0.3, -0.25) is 0 Å². The van der Waals surface area contributed by atoms with Crippen molar-refractivity contribution in [1.82, 2.24) is 0 Å². The summed E-state index contributed by atoms with van der Waals surface area (Å²) >= 11 is 0. The molecule has 0 fully saturated rings. The predicted octanol–water partition coefficient (Wildman–Crippen LogP) is 2.42. The van der Waals surface area contributed by atoms with Crippen LogP contribution in [0.3, 0.4) is 0 Å². The first kappa shape index (κ1) is 10.6. The third-order valence-electron chi connectivity index (χ3n) is 1.63. The average molecular weight is 159 g/mol. The minimum absolute atomic E-state index is 0.153. The van der Waals surface area contributed by atoms with Crippen LogP contribution in [0.4, 0.5) is 4.39 Å². The van der Waals surface area contributed by atoms with Gasteiger partial charge in [0.05, 0.1) is 0 Å². The summed E-state index contributed by atoms with van der Waals surface area (Å²) < 4.78 is 10.6. The van der Waals surface area contributed by atoms with E-state index in [4.69, 9.17) is 0 Å². The van der Waals surface area contributed by atoms with Crippen molar-refractivity contribution in [3.05, 3.63) is 11.6 Å². The molecule has 0 radical (unpaired) electrons. The molecule has 0 saturated carbocycles. The summed E-state index contributed by atoms with van der Waals surface area (Å²) in [5.41, 5.74) is 6.24. The van der Waals surface area contributed by atoms with E-state index < -0.39 is 6.67 Å². The van der Waals surface area contributed by atoms with Gasteiger partial charge >= 0.3 is 0 Å². The summed E-state index contributed by atoms with van der Waals surface area (Å²) in [7, 11) is 0. The van der Waals surface area contributed by atoms with Gasteiger partial charge in [-0.15, -0.1) is 0 Å². The van der Waals surface area contributed by atoms with Crippen LogP contribution in [0.1, 0.15) is 32.6 Å².